The fourth-order valence-corrected chi connectivity index (χ4v) is 4.34. The van der Waals surface area contributed by atoms with E-state index in [1.165, 1.54) is 0 Å². The van der Waals surface area contributed by atoms with Gasteiger partial charge >= 0.3 is 6.03 Å². The molecular formula is C21H28ClN3O3. The van der Waals surface area contributed by atoms with Crippen LogP contribution in [0.5, 0.6) is 0 Å². The molecule has 0 atom stereocenters. The minimum atomic E-state index is -0.849. The summed E-state index contributed by atoms with van der Waals surface area (Å²) in [4.78, 5) is 38.8. The van der Waals surface area contributed by atoms with Gasteiger partial charge in [0, 0.05) is 10.7 Å². The third kappa shape index (κ3) is 4.02. The largest absolute Gasteiger partial charge is 0.325 e. The second-order valence-electron chi connectivity index (χ2n) is 8.58. The quantitative estimate of drug-likeness (QED) is 0.720. The molecule has 152 valence electrons. The molecule has 1 spiro atoms. The molecule has 0 unspecified atom stereocenters. The molecule has 6 nitrogen and oxygen atoms in total. The van der Waals surface area contributed by atoms with Gasteiger partial charge in [-0.3, -0.25) is 14.5 Å². The molecule has 0 bridgehead atoms. The molecule has 1 heterocycles. The lowest BCUT2D eigenvalue weighted by Crippen LogP contribution is -2.51. The molecule has 1 aromatic carbocycles. The normalized spacial score (nSPS) is 25.1. The summed E-state index contributed by atoms with van der Waals surface area (Å²) in [6.07, 6.45) is 4.14. The van der Waals surface area contributed by atoms with Gasteiger partial charge in [-0.2, -0.15) is 0 Å². The lowest BCUT2D eigenvalue weighted by Gasteiger charge is -2.42. The van der Waals surface area contributed by atoms with Crippen molar-refractivity contribution in [2.24, 2.45) is 11.3 Å². The number of nitrogens with one attached hydrogen (secondary N) is 2. The molecule has 0 aromatic heterocycles. The van der Waals surface area contributed by atoms with Crippen LogP contribution in [0.25, 0.3) is 0 Å². The van der Waals surface area contributed by atoms with Gasteiger partial charge in [0.2, 0.25) is 5.91 Å². The van der Waals surface area contributed by atoms with E-state index in [1.54, 1.807) is 24.3 Å². The van der Waals surface area contributed by atoms with E-state index in [0.29, 0.717) is 29.5 Å². The van der Waals surface area contributed by atoms with Crippen LogP contribution in [0, 0.1) is 11.3 Å². The number of amides is 4. The van der Waals surface area contributed by atoms with Crippen molar-refractivity contribution in [1.82, 2.24) is 10.2 Å². The number of hydrogen-bond acceptors (Lipinski definition) is 3. The van der Waals surface area contributed by atoms with Gasteiger partial charge < -0.3 is 10.6 Å². The van der Waals surface area contributed by atoms with Crippen molar-refractivity contribution in [2.45, 2.75) is 58.4 Å². The maximum Gasteiger partial charge on any atom is 0.325 e. The number of anilines is 1. The van der Waals surface area contributed by atoms with Crippen molar-refractivity contribution >= 4 is 35.1 Å². The van der Waals surface area contributed by atoms with Crippen molar-refractivity contribution in [3.05, 3.63) is 29.3 Å². The Labute approximate surface area is 171 Å². The molecular weight excluding hydrogens is 378 g/mol. The number of benzene rings is 1. The summed E-state index contributed by atoms with van der Waals surface area (Å²) in [5, 5.41) is 6.13. The van der Waals surface area contributed by atoms with Crippen molar-refractivity contribution in [1.29, 1.82) is 0 Å². The van der Waals surface area contributed by atoms with Crippen LogP contribution in [-0.2, 0) is 9.59 Å². The number of urea groups is 1. The molecule has 1 aliphatic heterocycles. The molecule has 4 amide bonds. The lowest BCUT2D eigenvalue weighted by atomic mass is 9.65. The predicted molar refractivity (Wildman–Crippen MR) is 109 cm³/mol. The highest BCUT2D eigenvalue weighted by Gasteiger charge is 2.53. The Hall–Kier alpha value is -2.08. The molecule has 1 saturated carbocycles. The van der Waals surface area contributed by atoms with Gasteiger partial charge in [-0.05, 0) is 61.3 Å². The molecule has 1 saturated heterocycles. The van der Waals surface area contributed by atoms with Crippen LogP contribution in [0.4, 0.5) is 10.5 Å². The monoisotopic (exact) mass is 405 g/mol. The SMILES string of the molecule is CCC(C)(C)C1CCC2(CC1)NC(=O)N(CC(=O)Nc1ccc(Cl)cc1)C2=O. The second-order valence-corrected chi connectivity index (χ2v) is 9.01. The molecule has 1 aliphatic carbocycles. The zero-order valence-electron chi connectivity index (χ0n) is 16.7. The van der Waals surface area contributed by atoms with Crippen LogP contribution in [0.15, 0.2) is 24.3 Å². The number of hydrogen-bond donors (Lipinski definition) is 2. The minimum Gasteiger partial charge on any atom is -0.325 e. The van der Waals surface area contributed by atoms with E-state index in [-0.39, 0.29) is 17.9 Å². The zero-order valence-corrected chi connectivity index (χ0v) is 17.4. The number of halogens is 1. The molecule has 2 fully saturated rings. The zero-order chi connectivity index (χ0) is 20.5. The van der Waals surface area contributed by atoms with Crippen molar-refractivity contribution in [3.8, 4) is 0 Å². The number of carbonyl (C=O) groups excluding carboxylic acids is 3. The summed E-state index contributed by atoms with van der Waals surface area (Å²) >= 11 is 5.84. The second kappa shape index (κ2) is 7.74. The molecule has 3 rings (SSSR count). The Kier molecular flexibility index (Phi) is 5.71. The van der Waals surface area contributed by atoms with E-state index in [9.17, 15) is 14.4 Å². The molecule has 1 aromatic rings. The summed E-state index contributed by atoms with van der Waals surface area (Å²) in [7, 11) is 0. The highest BCUT2D eigenvalue weighted by molar-refractivity contribution is 6.30. The van der Waals surface area contributed by atoms with Crippen LogP contribution in [0.3, 0.4) is 0 Å². The Balaban J connectivity index is 1.62. The summed E-state index contributed by atoms with van der Waals surface area (Å²) in [5.41, 5.74) is -0.0536. The summed E-state index contributed by atoms with van der Waals surface area (Å²) in [5.74, 6) is -0.157. The highest BCUT2D eigenvalue weighted by Crippen LogP contribution is 2.45. The predicted octanol–water partition coefficient (Wildman–Crippen LogP) is 4.20. The smallest absolute Gasteiger partial charge is 0.325 e. The average Bonchev–Trinajstić information content (AvgIpc) is 2.88. The van der Waals surface area contributed by atoms with Gasteiger partial charge in [0.15, 0.2) is 0 Å². The van der Waals surface area contributed by atoms with Crippen LogP contribution >= 0.6 is 11.6 Å². The van der Waals surface area contributed by atoms with Gasteiger partial charge in [0.25, 0.3) is 5.91 Å². The van der Waals surface area contributed by atoms with E-state index in [1.807, 2.05) is 0 Å². The van der Waals surface area contributed by atoms with Crippen LogP contribution in [0.1, 0.15) is 52.9 Å². The molecule has 2 N–H and O–H groups in total. The molecule has 2 aliphatic rings. The third-order valence-electron chi connectivity index (χ3n) is 6.53. The Morgan fingerprint density at radius 2 is 1.86 bits per heavy atom. The van der Waals surface area contributed by atoms with Gasteiger partial charge in [-0.1, -0.05) is 38.8 Å². The van der Waals surface area contributed by atoms with Gasteiger partial charge in [0.05, 0.1) is 0 Å². The molecule has 7 heteroatoms. The Morgan fingerprint density at radius 1 is 1.25 bits per heavy atom. The number of rotatable bonds is 5. The first-order valence-electron chi connectivity index (χ1n) is 9.86. The fourth-order valence-electron chi connectivity index (χ4n) is 4.22. The van der Waals surface area contributed by atoms with Crippen molar-refractivity contribution in [3.63, 3.8) is 0 Å². The third-order valence-corrected chi connectivity index (χ3v) is 6.78. The molecule has 28 heavy (non-hydrogen) atoms. The number of nitrogens with zero attached hydrogens (tertiary/aromatic N) is 1. The summed E-state index contributed by atoms with van der Waals surface area (Å²) < 4.78 is 0. The minimum absolute atomic E-state index is 0.228. The van der Waals surface area contributed by atoms with Gasteiger partial charge in [-0.15, -0.1) is 0 Å². The van der Waals surface area contributed by atoms with Crippen LogP contribution in [0.2, 0.25) is 5.02 Å². The standard InChI is InChI=1S/C21H28ClN3O3/c1-4-20(2,3)14-9-11-21(12-10-14)18(27)25(19(28)24-21)13-17(26)23-16-7-5-15(22)6-8-16/h5-8,14H,4,9-13H2,1-3H3,(H,23,26)(H,24,28). The van der Waals surface area contributed by atoms with Crippen molar-refractivity contribution in [2.75, 3.05) is 11.9 Å². The van der Waals surface area contributed by atoms with Crippen LogP contribution < -0.4 is 10.6 Å². The number of carbonyl (C=O) groups is 3. The Morgan fingerprint density at radius 3 is 2.43 bits per heavy atom. The van der Waals surface area contributed by atoms with E-state index < -0.39 is 17.5 Å². The van der Waals surface area contributed by atoms with Gasteiger partial charge in [0.1, 0.15) is 12.1 Å². The van der Waals surface area contributed by atoms with Crippen molar-refractivity contribution < 1.29 is 14.4 Å². The Bertz CT molecular complexity index is 768. The topological polar surface area (TPSA) is 78.5 Å². The summed E-state index contributed by atoms with van der Waals surface area (Å²) in [6, 6.07) is 6.19. The first kappa shape index (κ1) is 20.6. The average molecular weight is 406 g/mol. The highest BCUT2D eigenvalue weighted by atomic mass is 35.5. The molecule has 0 radical (unpaired) electrons. The first-order valence-corrected chi connectivity index (χ1v) is 10.2. The van der Waals surface area contributed by atoms with E-state index in [2.05, 4.69) is 31.4 Å². The fraction of sp³-hybridized carbons (Fsp3) is 0.571. The van der Waals surface area contributed by atoms with Gasteiger partial charge in [-0.25, -0.2) is 4.79 Å². The maximum absolute atomic E-state index is 13.0. The maximum atomic E-state index is 13.0. The lowest BCUT2D eigenvalue weighted by molar-refractivity contribution is -0.135. The van der Waals surface area contributed by atoms with Crippen LogP contribution in [-0.4, -0.2) is 34.8 Å². The first-order chi connectivity index (χ1) is 13.2. The summed E-state index contributed by atoms with van der Waals surface area (Å²) in [6.45, 7) is 6.42. The van der Waals surface area contributed by atoms with E-state index >= 15 is 0 Å². The van der Waals surface area contributed by atoms with E-state index in [4.69, 9.17) is 11.6 Å². The number of imide groups is 1. The van der Waals surface area contributed by atoms with E-state index in [0.717, 1.165) is 24.2 Å².